The van der Waals surface area contributed by atoms with Crippen LogP contribution in [-0.4, -0.2) is 63.2 Å². The average molecular weight is 314 g/mol. The van der Waals surface area contributed by atoms with Gasteiger partial charge in [0.2, 0.25) is 5.95 Å². The Hall–Kier alpha value is -1.41. The van der Waals surface area contributed by atoms with E-state index >= 15 is 0 Å². The van der Waals surface area contributed by atoms with Gasteiger partial charge in [0.1, 0.15) is 5.82 Å². The maximum absolute atomic E-state index is 11.6. The molecule has 0 amide bonds. The summed E-state index contributed by atoms with van der Waals surface area (Å²) >= 11 is 0. The molecule has 0 bridgehead atoms. The van der Waals surface area contributed by atoms with Gasteiger partial charge in [-0.3, -0.25) is 0 Å². The summed E-state index contributed by atoms with van der Waals surface area (Å²) in [6.45, 7) is 3.09. The Kier molecular flexibility index (Phi) is 5.00. The number of hydrogen-bond acceptors (Lipinski definition) is 7. The van der Waals surface area contributed by atoms with E-state index in [0.717, 1.165) is 11.5 Å². The second kappa shape index (κ2) is 6.57. The Bertz CT molecular complexity index is 591. The molecule has 1 aromatic rings. The van der Waals surface area contributed by atoms with Crippen molar-refractivity contribution in [1.29, 1.82) is 0 Å². The quantitative estimate of drug-likeness (QED) is 0.764. The molecule has 1 saturated heterocycles. The molecule has 1 atom stereocenters. The predicted octanol–water partition coefficient (Wildman–Crippen LogP) is 0.467. The lowest BCUT2D eigenvalue weighted by Crippen LogP contribution is -2.33. The molecule has 118 valence electrons. The summed E-state index contributed by atoms with van der Waals surface area (Å²) in [4.78, 5) is 10.7. The van der Waals surface area contributed by atoms with Gasteiger partial charge < -0.3 is 15.0 Å². The van der Waals surface area contributed by atoms with Crippen LogP contribution >= 0.6 is 0 Å². The molecule has 1 unspecified atom stereocenters. The van der Waals surface area contributed by atoms with Crippen LogP contribution in [0, 0.1) is 6.92 Å². The predicted molar refractivity (Wildman–Crippen MR) is 82.6 cm³/mol. The van der Waals surface area contributed by atoms with Crippen molar-refractivity contribution in [2.24, 2.45) is 0 Å². The molecule has 8 heteroatoms. The Labute approximate surface area is 125 Å². The molecule has 0 aromatic carbocycles. The van der Waals surface area contributed by atoms with Crippen molar-refractivity contribution in [2.45, 2.75) is 19.4 Å². The number of nitrogens with zero attached hydrogens (tertiary/aromatic N) is 3. The van der Waals surface area contributed by atoms with Gasteiger partial charge in [-0.05, 0) is 13.3 Å². The molecule has 2 rings (SSSR count). The lowest BCUT2D eigenvalue weighted by Gasteiger charge is -2.25. The molecule has 0 saturated carbocycles. The molecule has 0 radical (unpaired) electrons. The second-order valence-electron chi connectivity index (χ2n) is 5.28. The number of hydrogen-bond donors (Lipinski definition) is 1. The van der Waals surface area contributed by atoms with E-state index in [-0.39, 0.29) is 17.5 Å². The van der Waals surface area contributed by atoms with Crippen LogP contribution in [0.1, 0.15) is 12.1 Å². The minimum atomic E-state index is -2.90. The van der Waals surface area contributed by atoms with Gasteiger partial charge in [0.25, 0.3) is 0 Å². The van der Waals surface area contributed by atoms with E-state index in [2.05, 4.69) is 15.3 Å². The first-order valence-corrected chi connectivity index (χ1v) is 8.75. The molecule has 1 aromatic heterocycles. The minimum Gasteiger partial charge on any atom is -0.383 e. The van der Waals surface area contributed by atoms with Crippen molar-refractivity contribution in [3.8, 4) is 0 Å². The maximum atomic E-state index is 11.6. The summed E-state index contributed by atoms with van der Waals surface area (Å²) in [5, 5.41) is 3.10. The van der Waals surface area contributed by atoms with Crippen LogP contribution in [0.25, 0.3) is 0 Å². The first-order valence-electron chi connectivity index (χ1n) is 6.93. The third-order valence-electron chi connectivity index (χ3n) is 3.55. The van der Waals surface area contributed by atoms with Crippen LogP contribution in [-0.2, 0) is 14.6 Å². The molecule has 1 aliphatic rings. The van der Waals surface area contributed by atoms with Gasteiger partial charge in [0.05, 0.1) is 18.1 Å². The lowest BCUT2D eigenvalue weighted by atomic mass is 10.2. The second-order valence-corrected chi connectivity index (χ2v) is 7.51. The van der Waals surface area contributed by atoms with Crippen molar-refractivity contribution in [3.05, 3.63) is 11.8 Å². The zero-order valence-corrected chi connectivity index (χ0v) is 13.5. The van der Waals surface area contributed by atoms with Crippen molar-refractivity contribution in [1.82, 2.24) is 9.97 Å². The van der Waals surface area contributed by atoms with E-state index in [4.69, 9.17) is 4.74 Å². The lowest BCUT2D eigenvalue weighted by molar-refractivity contribution is 0.210. The van der Waals surface area contributed by atoms with E-state index in [1.54, 1.807) is 7.11 Å². The van der Waals surface area contributed by atoms with Crippen molar-refractivity contribution >= 4 is 21.6 Å². The van der Waals surface area contributed by atoms with E-state index in [9.17, 15) is 8.42 Å². The van der Waals surface area contributed by atoms with Gasteiger partial charge in [0.15, 0.2) is 9.84 Å². The molecule has 21 heavy (non-hydrogen) atoms. The van der Waals surface area contributed by atoms with Gasteiger partial charge in [-0.25, -0.2) is 13.4 Å². The molecular formula is C13H22N4O3S. The first kappa shape index (κ1) is 16.0. The number of aromatic nitrogens is 2. The Morgan fingerprint density at radius 2 is 2.24 bits per heavy atom. The van der Waals surface area contributed by atoms with Crippen LogP contribution in [0.2, 0.25) is 0 Å². The highest BCUT2D eigenvalue weighted by Crippen LogP contribution is 2.22. The monoisotopic (exact) mass is 314 g/mol. The normalized spacial score (nSPS) is 20.4. The van der Waals surface area contributed by atoms with Crippen LogP contribution in [0.4, 0.5) is 11.8 Å². The molecule has 7 nitrogen and oxygen atoms in total. The highest BCUT2D eigenvalue weighted by Gasteiger charge is 2.31. The Morgan fingerprint density at radius 1 is 1.48 bits per heavy atom. The topological polar surface area (TPSA) is 84.4 Å². The third-order valence-corrected chi connectivity index (χ3v) is 5.30. The number of anilines is 2. The number of nitrogens with one attached hydrogen (secondary N) is 1. The van der Waals surface area contributed by atoms with E-state index in [0.29, 0.717) is 25.5 Å². The van der Waals surface area contributed by atoms with Crippen molar-refractivity contribution < 1.29 is 13.2 Å². The summed E-state index contributed by atoms with van der Waals surface area (Å²) in [6, 6.07) is 1.85. The van der Waals surface area contributed by atoms with Gasteiger partial charge in [-0.1, -0.05) is 0 Å². The number of methoxy groups -OCH3 is 1. The van der Waals surface area contributed by atoms with E-state index in [1.165, 1.54) is 0 Å². The fourth-order valence-corrected chi connectivity index (χ4v) is 4.12. The summed E-state index contributed by atoms with van der Waals surface area (Å²) in [5.74, 6) is 1.73. The Morgan fingerprint density at radius 3 is 2.86 bits per heavy atom. The number of rotatable bonds is 6. The van der Waals surface area contributed by atoms with Gasteiger partial charge >= 0.3 is 0 Å². The molecule has 0 aliphatic carbocycles. The smallest absolute Gasteiger partial charge is 0.224 e. The highest BCUT2D eigenvalue weighted by molar-refractivity contribution is 7.91. The maximum Gasteiger partial charge on any atom is 0.224 e. The number of ether oxygens (including phenoxy) is 1. The molecule has 0 spiro atoms. The van der Waals surface area contributed by atoms with Crippen LogP contribution in [0.5, 0.6) is 0 Å². The van der Waals surface area contributed by atoms with Crippen molar-refractivity contribution in [2.75, 3.05) is 49.0 Å². The largest absolute Gasteiger partial charge is 0.383 e. The SMILES string of the molecule is COCCNc1nc(C)cc(N(C)C2CCS(=O)(=O)C2)n1. The summed E-state index contributed by atoms with van der Waals surface area (Å²) in [6.07, 6.45) is 0.647. The van der Waals surface area contributed by atoms with Crippen LogP contribution < -0.4 is 10.2 Å². The fourth-order valence-electron chi connectivity index (χ4n) is 2.34. The van der Waals surface area contributed by atoms with Crippen LogP contribution in [0.15, 0.2) is 6.07 Å². The van der Waals surface area contributed by atoms with Gasteiger partial charge in [-0.15, -0.1) is 0 Å². The van der Waals surface area contributed by atoms with E-state index < -0.39 is 9.84 Å². The highest BCUT2D eigenvalue weighted by atomic mass is 32.2. The summed E-state index contributed by atoms with van der Waals surface area (Å²) in [7, 11) is 0.615. The first-order chi connectivity index (χ1) is 9.91. The molecule has 1 aliphatic heterocycles. The van der Waals surface area contributed by atoms with Crippen molar-refractivity contribution in [3.63, 3.8) is 0 Å². The average Bonchev–Trinajstić information content (AvgIpc) is 2.78. The fraction of sp³-hybridized carbons (Fsp3) is 0.692. The van der Waals surface area contributed by atoms with Gasteiger partial charge in [0, 0.05) is 38.5 Å². The minimum absolute atomic E-state index is 0.0175. The Balaban J connectivity index is 2.11. The molecular weight excluding hydrogens is 292 g/mol. The zero-order valence-electron chi connectivity index (χ0n) is 12.7. The summed E-state index contributed by atoms with van der Waals surface area (Å²) in [5.41, 5.74) is 0.840. The standard InChI is InChI=1S/C13H22N4O3S/c1-10-8-12(16-13(15-10)14-5-6-20-3)17(2)11-4-7-21(18,19)9-11/h8,11H,4-7,9H2,1-3H3,(H,14,15,16). The van der Waals surface area contributed by atoms with Gasteiger partial charge in [-0.2, -0.15) is 4.98 Å². The third kappa shape index (κ3) is 4.28. The number of sulfone groups is 1. The zero-order chi connectivity index (χ0) is 15.5. The van der Waals surface area contributed by atoms with E-state index in [1.807, 2.05) is 24.9 Å². The number of aryl methyl sites for hydroxylation is 1. The molecule has 1 fully saturated rings. The summed E-state index contributed by atoms with van der Waals surface area (Å²) < 4.78 is 28.2. The molecule has 1 N–H and O–H groups in total. The van der Waals surface area contributed by atoms with Crippen LogP contribution in [0.3, 0.4) is 0 Å². The molecule has 2 heterocycles.